The second-order valence-corrected chi connectivity index (χ2v) is 7.61. The van der Waals surface area contributed by atoms with Crippen LogP contribution in [0.5, 0.6) is 0 Å². The molecule has 7 nitrogen and oxygen atoms in total. The molecule has 4 rings (SSSR count). The van der Waals surface area contributed by atoms with Crippen LogP contribution >= 0.6 is 0 Å². The Balaban J connectivity index is 1.32. The normalized spacial score (nSPS) is 23.5. The van der Waals surface area contributed by atoms with Crippen molar-refractivity contribution in [2.45, 2.75) is 38.1 Å². The fourth-order valence-electron chi connectivity index (χ4n) is 3.76. The average Bonchev–Trinajstić information content (AvgIpc) is 3.48. The summed E-state index contributed by atoms with van der Waals surface area (Å²) in [7, 11) is 0. The summed E-state index contributed by atoms with van der Waals surface area (Å²) in [5.74, 6) is -1.35. The Labute approximate surface area is 163 Å². The van der Waals surface area contributed by atoms with E-state index in [1.165, 1.54) is 4.90 Å². The molecule has 146 valence electrons. The molecule has 2 N–H and O–H groups in total. The fourth-order valence-corrected chi connectivity index (χ4v) is 3.76. The lowest BCUT2D eigenvalue weighted by molar-refractivity contribution is -0.140. The van der Waals surface area contributed by atoms with Gasteiger partial charge in [-0.2, -0.15) is 0 Å². The number of fused-ring (bicyclic) bond motifs is 1. The molecule has 1 aromatic carbocycles. The quantitative estimate of drug-likeness (QED) is 0.581. The Hall–Kier alpha value is -2.96. The Kier molecular flexibility index (Phi) is 4.98. The molecule has 1 aromatic rings. The summed E-state index contributed by atoms with van der Waals surface area (Å²) in [6, 6.07) is 7.01. The lowest BCUT2D eigenvalue weighted by Crippen LogP contribution is -2.34. The van der Waals surface area contributed by atoms with Crippen molar-refractivity contribution in [2.24, 2.45) is 11.8 Å². The number of hydrogen-bond acceptors (Lipinski definition) is 4. The van der Waals surface area contributed by atoms with Crippen LogP contribution in [0.15, 0.2) is 36.4 Å². The molecule has 28 heavy (non-hydrogen) atoms. The highest BCUT2D eigenvalue weighted by Crippen LogP contribution is 2.35. The molecule has 1 heterocycles. The average molecular weight is 381 g/mol. The van der Waals surface area contributed by atoms with E-state index in [9.17, 15) is 19.2 Å². The Bertz CT molecular complexity index is 833. The van der Waals surface area contributed by atoms with Gasteiger partial charge in [0, 0.05) is 30.3 Å². The zero-order chi connectivity index (χ0) is 19.7. The number of likely N-dealkylation sites (tertiary alicyclic amines) is 1. The van der Waals surface area contributed by atoms with E-state index in [0.717, 1.165) is 12.8 Å². The van der Waals surface area contributed by atoms with E-state index in [-0.39, 0.29) is 54.5 Å². The van der Waals surface area contributed by atoms with Crippen molar-refractivity contribution >= 4 is 29.3 Å². The number of anilines is 1. The number of nitrogens with one attached hydrogen (secondary N) is 2. The van der Waals surface area contributed by atoms with Crippen molar-refractivity contribution in [2.75, 3.05) is 11.9 Å². The van der Waals surface area contributed by atoms with E-state index in [2.05, 4.69) is 10.6 Å². The zero-order valence-electron chi connectivity index (χ0n) is 15.5. The van der Waals surface area contributed by atoms with Crippen LogP contribution in [0.1, 0.15) is 42.5 Å². The first-order valence-corrected chi connectivity index (χ1v) is 9.74. The maximum Gasteiger partial charge on any atom is 0.251 e. The summed E-state index contributed by atoms with van der Waals surface area (Å²) in [4.78, 5) is 50.5. The molecule has 1 aliphatic heterocycles. The minimum Gasteiger partial charge on any atom is -0.349 e. The van der Waals surface area contributed by atoms with Crippen molar-refractivity contribution in [3.8, 4) is 0 Å². The van der Waals surface area contributed by atoms with Crippen molar-refractivity contribution in [1.29, 1.82) is 0 Å². The Morgan fingerprint density at radius 3 is 2.36 bits per heavy atom. The van der Waals surface area contributed by atoms with Crippen molar-refractivity contribution in [1.82, 2.24) is 10.2 Å². The van der Waals surface area contributed by atoms with E-state index in [1.54, 1.807) is 24.3 Å². The summed E-state index contributed by atoms with van der Waals surface area (Å²) in [5.41, 5.74) is 1.01. The molecule has 0 spiro atoms. The summed E-state index contributed by atoms with van der Waals surface area (Å²) in [5, 5.41) is 5.65. The molecule has 7 heteroatoms. The number of allylic oxidation sites excluding steroid dienone is 2. The fraction of sp³-hybridized carbons (Fsp3) is 0.429. The minimum atomic E-state index is -0.298. The van der Waals surface area contributed by atoms with Crippen molar-refractivity contribution < 1.29 is 19.2 Å². The smallest absolute Gasteiger partial charge is 0.251 e. The third-order valence-corrected chi connectivity index (χ3v) is 5.48. The number of hydrogen-bond donors (Lipinski definition) is 2. The van der Waals surface area contributed by atoms with E-state index >= 15 is 0 Å². The zero-order valence-corrected chi connectivity index (χ0v) is 15.5. The second kappa shape index (κ2) is 7.58. The van der Waals surface area contributed by atoms with Gasteiger partial charge in [0.1, 0.15) is 0 Å². The topological polar surface area (TPSA) is 95.6 Å². The van der Waals surface area contributed by atoms with Gasteiger partial charge in [-0.05, 0) is 43.9 Å². The van der Waals surface area contributed by atoms with Crippen LogP contribution in [0.4, 0.5) is 5.69 Å². The number of amides is 4. The molecule has 4 amide bonds. The summed E-state index contributed by atoms with van der Waals surface area (Å²) in [6.07, 6.45) is 7.11. The predicted octanol–water partition coefficient (Wildman–Crippen LogP) is 1.86. The molecule has 2 aliphatic carbocycles. The highest BCUT2D eigenvalue weighted by Gasteiger charge is 2.46. The summed E-state index contributed by atoms with van der Waals surface area (Å²) >= 11 is 0. The Morgan fingerprint density at radius 2 is 1.71 bits per heavy atom. The number of benzene rings is 1. The van der Waals surface area contributed by atoms with Gasteiger partial charge in [0.2, 0.25) is 17.7 Å². The third-order valence-electron chi connectivity index (χ3n) is 5.48. The lowest BCUT2D eigenvalue weighted by Gasteiger charge is -2.14. The molecule has 1 saturated carbocycles. The van der Waals surface area contributed by atoms with Crippen LogP contribution in [0.25, 0.3) is 0 Å². The van der Waals surface area contributed by atoms with Crippen LogP contribution < -0.4 is 10.6 Å². The molecule has 0 radical (unpaired) electrons. The maximum absolute atomic E-state index is 12.4. The van der Waals surface area contributed by atoms with Gasteiger partial charge < -0.3 is 10.6 Å². The van der Waals surface area contributed by atoms with Gasteiger partial charge in [0.15, 0.2) is 0 Å². The monoisotopic (exact) mass is 381 g/mol. The van der Waals surface area contributed by atoms with E-state index < -0.39 is 0 Å². The van der Waals surface area contributed by atoms with Crippen LogP contribution in [-0.4, -0.2) is 41.1 Å². The largest absolute Gasteiger partial charge is 0.349 e. The standard InChI is InChI=1S/C21H23N3O4/c25-18(10-11-24-20(27)16-6-1-2-7-17(16)21(24)28)22-15-5-3-4-13(12-15)19(26)23-14-8-9-14/h1-5,12,14,16-17H,6-11H2,(H,22,25)(H,23,26)/t16-,17-/m0/s1. The third kappa shape index (κ3) is 3.83. The second-order valence-electron chi connectivity index (χ2n) is 7.61. The van der Waals surface area contributed by atoms with Crippen molar-refractivity contribution in [3.63, 3.8) is 0 Å². The highest BCUT2D eigenvalue weighted by molar-refractivity contribution is 6.06. The van der Waals surface area contributed by atoms with Gasteiger partial charge in [-0.1, -0.05) is 18.2 Å². The first-order valence-electron chi connectivity index (χ1n) is 9.74. The van der Waals surface area contributed by atoms with Crippen LogP contribution in [0, 0.1) is 11.8 Å². The van der Waals surface area contributed by atoms with Gasteiger partial charge in [0.25, 0.3) is 5.91 Å². The number of imide groups is 1. The molecule has 0 aromatic heterocycles. The molecule has 3 aliphatic rings. The maximum atomic E-state index is 12.4. The van der Waals surface area contributed by atoms with E-state index in [1.807, 2.05) is 12.2 Å². The molecule has 1 saturated heterocycles. The van der Waals surface area contributed by atoms with Crippen LogP contribution in [-0.2, 0) is 14.4 Å². The van der Waals surface area contributed by atoms with Gasteiger partial charge in [-0.3, -0.25) is 24.1 Å². The van der Waals surface area contributed by atoms with Gasteiger partial charge >= 0.3 is 0 Å². The summed E-state index contributed by atoms with van der Waals surface area (Å²) in [6.45, 7) is 0.0817. The molecular formula is C21H23N3O4. The lowest BCUT2D eigenvalue weighted by atomic mass is 9.85. The van der Waals surface area contributed by atoms with E-state index in [4.69, 9.17) is 0 Å². The van der Waals surface area contributed by atoms with Gasteiger partial charge in [-0.25, -0.2) is 0 Å². The molecular weight excluding hydrogens is 358 g/mol. The van der Waals surface area contributed by atoms with E-state index in [0.29, 0.717) is 24.1 Å². The Morgan fingerprint density at radius 1 is 1.04 bits per heavy atom. The number of nitrogens with zero attached hydrogens (tertiary/aromatic N) is 1. The first kappa shape index (κ1) is 18.4. The SMILES string of the molecule is O=C(CCN1C(=O)[C@H]2CC=CC[C@@H]2C1=O)Nc1cccc(C(=O)NC2CC2)c1. The minimum absolute atomic E-state index is 0.0306. The van der Waals surface area contributed by atoms with Gasteiger partial charge in [-0.15, -0.1) is 0 Å². The van der Waals surface area contributed by atoms with Crippen molar-refractivity contribution in [3.05, 3.63) is 42.0 Å². The number of rotatable bonds is 6. The molecule has 2 fully saturated rings. The molecule has 2 atom stereocenters. The van der Waals surface area contributed by atoms with Crippen LogP contribution in [0.2, 0.25) is 0 Å². The predicted molar refractivity (Wildman–Crippen MR) is 102 cm³/mol. The molecule has 0 unspecified atom stereocenters. The molecule has 0 bridgehead atoms. The summed E-state index contributed by atoms with van der Waals surface area (Å²) < 4.78 is 0. The highest BCUT2D eigenvalue weighted by atomic mass is 16.2. The first-order chi connectivity index (χ1) is 13.5. The van der Waals surface area contributed by atoms with Crippen LogP contribution in [0.3, 0.4) is 0 Å². The number of carbonyl (C=O) groups is 4. The number of carbonyl (C=O) groups excluding carboxylic acids is 4. The van der Waals surface area contributed by atoms with Gasteiger partial charge in [0.05, 0.1) is 11.8 Å².